The number of rotatable bonds is 4. The number of carboxylic acid groups (broad SMARTS) is 1. The first kappa shape index (κ1) is 10.7. The van der Waals surface area contributed by atoms with Crippen molar-refractivity contribution >= 4 is 34.9 Å². The van der Waals surface area contributed by atoms with Crippen LogP contribution < -0.4 is 5.73 Å². The molecule has 0 aromatic rings. The van der Waals surface area contributed by atoms with Gasteiger partial charge in [-0.3, -0.25) is 4.79 Å². The topological polar surface area (TPSA) is 63.3 Å². The molecule has 0 atom stereocenters. The average molecular weight is 193 g/mol. The van der Waals surface area contributed by atoms with Crippen molar-refractivity contribution in [2.75, 3.05) is 5.75 Å². The van der Waals surface area contributed by atoms with Crippen LogP contribution in [0.15, 0.2) is 0 Å². The summed E-state index contributed by atoms with van der Waals surface area (Å²) in [6, 6.07) is 0. The molecule has 0 amide bonds. The summed E-state index contributed by atoms with van der Waals surface area (Å²) in [6.45, 7) is 3.25. The normalized spacial score (nSPS) is 11.1. The first-order valence-electron chi connectivity index (χ1n) is 3.02. The van der Waals surface area contributed by atoms with Crippen LogP contribution in [0.3, 0.4) is 0 Å². The lowest BCUT2D eigenvalue weighted by Crippen LogP contribution is -2.29. The van der Waals surface area contributed by atoms with Gasteiger partial charge in [0.15, 0.2) is 0 Å². The first-order valence-corrected chi connectivity index (χ1v) is 4.41. The van der Waals surface area contributed by atoms with Gasteiger partial charge in [-0.05, 0) is 13.8 Å². The lowest BCUT2D eigenvalue weighted by atomic mass is 10.2. The molecule has 0 rings (SSSR count). The van der Waals surface area contributed by atoms with Gasteiger partial charge in [-0.15, -0.1) is 11.8 Å². The average Bonchev–Trinajstić information content (AvgIpc) is 1.84. The number of carboxylic acids is 1. The second-order valence-corrected chi connectivity index (χ2v) is 4.69. The van der Waals surface area contributed by atoms with Crippen LogP contribution in [0, 0.1) is 0 Å². The summed E-state index contributed by atoms with van der Waals surface area (Å²) in [6.07, 6.45) is 0. The molecule has 0 aliphatic carbocycles. The van der Waals surface area contributed by atoms with Gasteiger partial charge >= 0.3 is 5.97 Å². The van der Waals surface area contributed by atoms with Gasteiger partial charge < -0.3 is 10.8 Å². The third-order valence-electron chi connectivity index (χ3n) is 1.09. The van der Waals surface area contributed by atoms with E-state index in [0.717, 1.165) is 0 Å². The van der Waals surface area contributed by atoms with Crippen molar-refractivity contribution in [1.29, 1.82) is 0 Å². The van der Waals surface area contributed by atoms with Gasteiger partial charge in [0.2, 0.25) is 0 Å². The van der Waals surface area contributed by atoms with E-state index in [0.29, 0.717) is 10.7 Å². The fourth-order valence-electron chi connectivity index (χ4n) is 0.313. The maximum Gasteiger partial charge on any atom is 0.319 e. The van der Waals surface area contributed by atoms with Crippen LogP contribution in [-0.4, -0.2) is 26.6 Å². The molecule has 0 aliphatic rings. The maximum atomic E-state index is 10.5. The van der Waals surface area contributed by atoms with E-state index < -0.39 is 10.7 Å². The summed E-state index contributed by atoms with van der Waals surface area (Å²) < 4.78 is -0.802. The molecular weight excluding hydrogens is 182 g/mol. The molecule has 0 heterocycles. The summed E-state index contributed by atoms with van der Waals surface area (Å²) >= 11 is 5.84. The molecule has 11 heavy (non-hydrogen) atoms. The molecule has 5 heteroatoms. The number of aliphatic carboxylic acids is 1. The molecule has 0 aromatic carbocycles. The summed E-state index contributed by atoms with van der Waals surface area (Å²) in [5, 5.41) is 8.65. The van der Waals surface area contributed by atoms with Crippen LogP contribution in [0.5, 0.6) is 0 Å². The van der Waals surface area contributed by atoms with E-state index in [1.165, 1.54) is 11.8 Å². The zero-order valence-electron chi connectivity index (χ0n) is 6.46. The highest BCUT2D eigenvalue weighted by molar-refractivity contribution is 8.02. The van der Waals surface area contributed by atoms with Crippen LogP contribution in [0.1, 0.15) is 13.8 Å². The van der Waals surface area contributed by atoms with E-state index in [-0.39, 0.29) is 0 Å². The molecule has 0 aliphatic heterocycles. The Morgan fingerprint density at radius 3 is 2.45 bits per heavy atom. The minimum Gasteiger partial charge on any atom is -0.480 e. The summed E-state index contributed by atoms with van der Waals surface area (Å²) in [5.41, 5.74) is 5.22. The number of hydrogen-bond donors (Lipinski definition) is 2. The molecule has 0 spiro atoms. The van der Waals surface area contributed by atoms with Crippen molar-refractivity contribution in [3.8, 4) is 0 Å². The van der Waals surface area contributed by atoms with Crippen molar-refractivity contribution < 1.29 is 9.90 Å². The van der Waals surface area contributed by atoms with Crippen LogP contribution in [0.2, 0.25) is 0 Å². The number of carbonyl (C=O) groups is 1. The predicted octanol–water partition coefficient (Wildman–Crippen LogP) is 0.869. The Morgan fingerprint density at radius 1 is 1.73 bits per heavy atom. The van der Waals surface area contributed by atoms with Gasteiger partial charge in [0, 0.05) is 5.75 Å². The third kappa shape index (κ3) is 4.21. The highest BCUT2D eigenvalue weighted by Crippen LogP contribution is 2.23. The Hall–Kier alpha value is -0.290. The van der Waals surface area contributed by atoms with Crippen LogP contribution >= 0.6 is 24.0 Å². The van der Waals surface area contributed by atoms with E-state index in [9.17, 15) is 4.79 Å². The fourth-order valence-corrected chi connectivity index (χ4v) is 1.12. The van der Waals surface area contributed by atoms with Gasteiger partial charge in [0.1, 0.15) is 4.75 Å². The molecule has 0 saturated carbocycles. The second-order valence-electron chi connectivity index (χ2n) is 2.57. The zero-order chi connectivity index (χ0) is 9.07. The van der Waals surface area contributed by atoms with Crippen molar-refractivity contribution in [1.82, 2.24) is 0 Å². The SMILES string of the molecule is CC(C)(SCC(N)=S)C(=O)O. The first-order chi connectivity index (χ1) is 4.86. The van der Waals surface area contributed by atoms with Crippen LogP contribution in [0.25, 0.3) is 0 Å². The molecule has 3 nitrogen and oxygen atoms in total. The lowest BCUT2D eigenvalue weighted by Gasteiger charge is -2.17. The summed E-state index contributed by atoms with van der Waals surface area (Å²) in [5.74, 6) is -0.437. The number of hydrogen-bond acceptors (Lipinski definition) is 3. The highest BCUT2D eigenvalue weighted by atomic mass is 32.2. The molecule has 0 radical (unpaired) electrons. The van der Waals surface area contributed by atoms with E-state index in [1.807, 2.05) is 0 Å². The molecule has 3 N–H and O–H groups in total. The van der Waals surface area contributed by atoms with Gasteiger partial charge in [-0.2, -0.15) is 0 Å². The molecule has 0 saturated heterocycles. The second kappa shape index (κ2) is 3.92. The van der Waals surface area contributed by atoms with Gasteiger partial charge in [-0.1, -0.05) is 12.2 Å². The number of thiocarbonyl (C=S) groups is 1. The van der Waals surface area contributed by atoms with Crippen molar-refractivity contribution in [2.24, 2.45) is 5.73 Å². The Kier molecular flexibility index (Phi) is 3.82. The van der Waals surface area contributed by atoms with Crippen molar-refractivity contribution in [3.05, 3.63) is 0 Å². The minimum absolute atomic E-state index is 0.337. The zero-order valence-corrected chi connectivity index (χ0v) is 8.09. The Bertz CT molecular complexity index is 179. The molecule has 0 unspecified atom stereocenters. The lowest BCUT2D eigenvalue weighted by molar-refractivity contribution is -0.138. The van der Waals surface area contributed by atoms with Crippen molar-refractivity contribution in [3.63, 3.8) is 0 Å². The van der Waals surface area contributed by atoms with Gasteiger partial charge in [0.05, 0.1) is 4.99 Å². The molecule has 64 valence electrons. The summed E-state index contributed by atoms with van der Waals surface area (Å²) in [7, 11) is 0. The van der Waals surface area contributed by atoms with Crippen LogP contribution in [-0.2, 0) is 4.79 Å². The largest absolute Gasteiger partial charge is 0.480 e. The predicted molar refractivity (Wildman–Crippen MR) is 51.0 cm³/mol. The van der Waals surface area contributed by atoms with Gasteiger partial charge in [-0.25, -0.2) is 0 Å². The van der Waals surface area contributed by atoms with E-state index in [4.69, 9.17) is 10.8 Å². The molecule has 0 aromatic heterocycles. The van der Waals surface area contributed by atoms with Crippen LogP contribution in [0.4, 0.5) is 0 Å². The summed E-state index contributed by atoms with van der Waals surface area (Å²) in [4.78, 5) is 10.9. The van der Waals surface area contributed by atoms with Gasteiger partial charge in [0.25, 0.3) is 0 Å². The van der Waals surface area contributed by atoms with E-state index in [1.54, 1.807) is 13.8 Å². The monoisotopic (exact) mass is 193 g/mol. The van der Waals surface area contributed by atoms with E-state index in [2.05, 4.69) is 12.2 Å². The standard InChI is InChI=1S/C6H11NO2S2/c1-6(2,5(8)9)11-3-4(7)10/h3H2,1-2H3,(H2,7,10)(H,8,9). The van der Waals surface area contributed by atoms with Crippen molar-refractivity contribution in [2.45, 2.75) is 18.6 Å². The number of nitrogens with two attached hydrogens (primary N) is 1. The smallest absolute Gasteiger partial charge is 0.319 e. The maximum absolute atomic E-state index is 10.5. The molecule has 0 fully saturated rings. The third-order valence-corrected chi connectivity index (χ3v) is 2.77. The molecule has 0 bridgehead atoms. The van der Waals surface area contributed by atoms with E-state index >= 15 is 0 Å². The Labute approximate surface area is 75.3 Å². The molecular formula is C6H11NO2S2. The Balaban J connectivity index is 3.92. The number of thioether (sulfide) groups is 1. The quantitative estimate of drug-likeness (QED) is 0.649. The highest BCUT2D eigenvalue weighted by Gasteiger charge is 2.27. The fraction of sp³-hybridized carbons (Fsp3) is 0.667. The minimum atomic E-state index is -0.848. The Morgan fingerprint density at radius 2 is 2.18 bits per heavy atom.